The monoisotopic (exact) mass is 154 g/mol. The second-order valence-electron chi connectivity index (χ2n) is 2.79. The summed E-state index contributed by atoms with van der Waals surface area (Å²) in [5, 5.41) is 2.76. The Morgan fingerprint density at radius 2 is 2.45 bits per heavy atom. The Morgan fingerprint density at radius 3 is 2.91 bits per heavy atom. The zero-order valence-electron chi connectivity index (χ0n) is 6.71. The molecule has 2 atom stereocenters. The smallest absolute Gasteiger partial charge is 0.226 e. The van der Waals surface area contributed by atoms with E-state index >= 15 is 0 Å². The molecule has 62 valence electrons. The molecule has 0 bridgehead atoms. The topological polar surface area (TPSA) is 55.1 Å². The van der Waals surface area contributed by atoms with Crippen molar-refractivity contribution in [2.24, 2.45) is 11.7 Å². The van der Waals surface area contributed by atoms with Gasteiger partial charge in [0.25, 0.3) is 0 Å². The van der Waals surface area contributed by atoms with Crippen molar-refractivity contribution in [3.63, 3.8) is 0 Å². The Bertz CT molecular complexity index is 177. The van der Waals surface area contributed by atoms with E-state index in [1.54, 1.807) is 0 Å². The summed E-state index contributed by atoms with van der Waals surface area (Å²) < 4.78 is 0. The van der Waals surface area contributed by atoms with E-state index in [9.17, 15) is 4.79 Å². The predicted molar refractivity (Wildman–Crippen MR) is 43.9 cm³/mol. The van der Waals surface area contributed by atoms with Gasteiger partial charge in [-0.2, -0.15) is 0 Å². The normalized spacial score (nSPS) is 28.9. The summed E-state index contributed by atoms with van der Waals surface area (Å²) >= 11 is 0. The van der Waals surface area contributed by atoms with Crippen molar-refractivity contribution in [1.82, 2.24) is 5.32 Å². The maximum atomic E-state index is 11.2. The van der Waals surface area contributed by atoms with Gasteiger partial charge in [-0.15, -0.1) is 0 Å². The van der Waals surface area contributed by atoms with Crippen molar-refractivity contribution in [2.45, 2.75) is 19.4 Å². The fraction of sp³-hybridized carbons (Fsp3) is 0.625. The van der Waals surface area contributed by atoms with Gasteiger partial charge in [0.05, 0.1) is 5.92 Å². The highest BCUT2D eigenvalue weighted by Gasteiger charge is 2.21. The van der Waals surface area contributed by atoms with Gasteiger partial charge >= 0.3 is 0 Å². The molecular weight excluding hydrogens is 140 g/mol. The number of amides is 1. The van der Waals surface area contributed by atoms with Crippen LogP contribution in [-0.4, -0.2) is 18.5 Å². The van der Waals surface area contributed by atoms with E-state index in [0.717, 1.165) is 6.42 Å². The van der Waals surface area contributed by atoms with Crippen LogP contribution in [0.3, 0.4) is 0 Å². The van der Waals surface area contributed by atoms with E-state index in [0.29, 0.717) is 6.54 Å². The predicted octanol–water partition coefficient (Wildman–Crippen LogP) is 0.0259. The Morgan fingerprint density at radius 1 is 1.73 bits per heavy atom. The van der Waals surface area contributed by atoms with Gasteiger partial charge < -0.3 is 11.1 Å². The lowest BCUT2D eigenvalue weighted by atomic mass is 10.1. The summed E-state index contributed by atoms with van der Waals surface area (Å²) in [4.78, 5) is 11.2. The number of rotatable bonds is 2. The number of hydrogen-bond acceptors (Lipinski definition) is 2. The third kappa shape index (κ3) is 2.05. The summed E-state index contributed by atoms with van der Waals surface area (Å²) in [5.41, 5.74) is 5.59. The first kappa shape index (κ1) is 8.27. The van der Waals surface area contributed by atoms with Crippen LogP contribution in [0.25, 0.3) is 0 Å². The molecule has 2 unspecified atom stereocenters. The van der Waals surface area contributed by atoms with Crippen LogP contribution >= 0.6 is 0 Å². The van der Waals surface area contributed by atoms with Gasteiger partial charge in [0.1, 0.15) is 0 Å². The number of nitrogens with one attached hydrogen (secondary N) is 1. The third-order valence-electron chi connectivity index (χ3n) is 1.80. The van der Waals surface area contributed by atoms with Crippen molar-refractivity contribution in [3.8, 4) is 0 Å². The van der Waals surface area contributed by atoms with E-state index in [-0.39, 0.29) is 17.9 Å². The molecule has 11 heavy (non-hydrogen) atoms. The van der Waals surface area contributed by atoms with Crippen LogP contribution in [0.15, 0.2) is 12.2 Å². The van der Waals surface area contributed by atoms with Gasteiger partial charge in [-0.25, -0.2) is 0 Å². The molecule has 1 aliphatic rings. The average molecular weight is 154 g/mol. The first-order valence-electron chi connectivity index (χ1n) is 3.95. The molecule has 3 nitrogen and oxygen atoms in total. The highest BCUT2D eigenvalue weighted by Crippen LogP contribution is 2.15. The summed E-state index contributed by atoms with van der Waals surface area (Å²) in [6.07, 6.45) is 4.53. The molecule has 1 amide bonds. The van der Waals surface area contributed by atoms with Gasteiger partial charge in [-0.05, 0) is 13.3 Å². The highest BCUT2D eigenvalue weighted by molar-refractivity contribution is 5.80. The number of carbonyl (C=O) groups excluding carboxylic acids is 1. The Hall–Kier alpha value is -0.830. The van der Waals surface area contributed by atoms with E-state index in [2.05, 4.69) is 5.32 Å². The summed E-state index contributed by atoms with van der Waals surface area (Å²) in [7, 11) is 0. The molecule has 0 heterocycles. The molecule has 0 fully saturated rings. The molecule has 0 saturated heterocycles. The Kier molecular flexibility index (Phi) is 2.65. The molecule has 0 spiro atoms. The largest absolute Gasteiger partial charge is 0.356 e. The van der Waals surface area contributed by atoms with Gasteiger partial charge in [0.15, 0.2) is 0 Å². The average Bonchev–Trinajstić information content (AvgIpc) is 2.36. The molecule has 0 saturated carbocycles. The molecule has 3 heteroatoms. The van der Waals surface area contributed by atoms with E-state index in [1.165, 1.54) is 0 Å². The van der Waals surface area contributed by atoms with Crippen molar-refractivity contribution < 1.29 is 4.79 Å². The summed E-state index contributed by atoms with van der Waals surface area (Å²) in [6, 6.07) is 0.0719. The molecule has 0 aromatic carbocycles. The molecule has 1 rings (SSSR count). The number of hydrogen-bond donors (Lipinski definition) is 2. The molecule has 0 radical (unpaired) electrons. The lowest BCUT2D eigenvalue weighted by Gasteiger charge is -2.07. The first-order valence-corrected chi connectivity index (χ1v) is 3.95. The van der Waals surface area contributed by atoms with Crippen LogP contribution < -0.4 is 11.1 Å². The third-order valence-corrected chi connectivity index (χ3v) is 1.80. The molecule has 0 aromatic heterocycles. The number of nitrogens with two attached hydrogens (primary N) is 1. The minimum atomic E-state index is 0.00458. The molecule has 0 aliphatic heterocycles. The van der Waals surface area contributed by atoms with E-state index in [4.69, 9.17) is 5.73 Å². The fourth-order valence-electron chi connectivity index (χ4n) is 1.23. The second-order valence-corrected chi connectivity index (χ2v) is 2.79. The molecule has 0 aromatic rings. The SMILES string of the molecule is CCNC(=O)C1C=CC(N)C1. The summed E-state index contributed by atoms with van der Waals surface area (Å²) in [5.74, 6) is 0.0988. The van der Waals surface area contributed by atoms with Crippen LogP contribution in [-0.2, 0) is 4.79 Å². The minimum Gasteiger partial charge on any atom is -0.356 e. The maximum Gasteiger partial charge on any atom is 0.226 e. The molecular formula is C8H14N2O. The Balaban J connectivity index is 2.38. The lowest BCUT2D eigenvalue weighted by Crippen LogP contribution is -2.30. The van der Waals surface area contributed by atoms with E-state index in [1.807, 2.05) is 19.1 Å². The zero-order chi connectivity index (χ0) is 8.27. The van der Waals surface area contributed by atoms with Crippen LogP contribution in [0, 0.1) is 5.92 Å². The summed E-state index contributed by atoms with van der Waals surface area (Å²) in [6.45, 7) is 2.61. The van der Waals surface area contributed by atoms with Gasteiger partial charge in [-0.3, -0.25) is 4.79 Å². The number of carbonyl (C=O) groups is 1. The lowest BCUT2D eigenvalue weighted by molar-refractivity contribution is -0.123. The van der Waals surface area contributed by atoms with Crippen LogP contribution in [0.5, 0.6) is 0 Å². The van der Waals surface area contributed by atoms with Crippen molar-refractivity contribution in [3.05, 3.63) is 12.2 Å². The maximum absolute atomic E-state index is 11.2. The van der Waals surface area contributed by atoms with Crippen molar-refractivity contribution >= 4 is 5.91 Å². The van der Waals surface area contributed by atoms with Gasteiger partial charge in [0.2, 0.25) is 5.91 Å². The molecule has 3 N–H and O–H groups in total. The Labute approximate surface area is 66.6 Å². The first-order chi connectivity index (χ1) is 5.24. The van der Waals surface area contributed by atoms with Crippen molar-refractivity contribution in [1.29, 1.82) is 0 Å². The van der Waals surface area contributed by atoms with Gasteiger partial charge in [0, 0.05) is 12.6 Å². The second kappa shape index (κ2) is 3.53. The van der Waals surface area contributed by atoms with Crippen molar-refractivity contribution in [2.75, 3.05) is 6.54 Å². The fourth-order valence-corrected chi connectivity index (χ4v) is 1.23. The standard InChI is InChI=1S/C8H14N2O/c1-2-10-8(11)6-3-4-7(9)5-6/h3-4,6-7H,2,5,9H2,1H3,(H,10,11). The highest BCUT2D eigenvalue weighted by atomic mass is 16.1. The zero-order valence-corrected chi connectivity index (χ0v) is 6.71. The van der Waals surface area contributed by atoms with Gasteiger partial charge in [-0.1, -0.05) is 12.2 Å². The van der Waals surface area contributed by atoms with Crippen LogP contribution in [0.4, 0.5) is 0 Å². The quantitative estimate of drug-likeness (QED) is 0.551. The molecule has 1 aliphatic carbocycles. The van der Waals surface area contributed by atoms with Crippen LogP contribution in [0.2, 0.25) is 0 Å². The van der Waals surface area contributed by atoms with Crippen LogP contribution in [0.1, 0.15) is 13.3 Å². The van der Waals surface area contributed by atoms with E-state index < -0.39 is 0 Å². The minimum absolute atomic E-state index is 0.00458.